The van der Waals surface area contributed by atoms with Gasteiger partial charge in [-0.25, -0.2) is 0 Å². The van der Waals surface area contributed by atoms with E-state index < -0.39 is 86.5 Å². The monoisotopic (exact) mass is 461 g/mol. The fourth-order valence-corrected chi connectivity index (χ4v) is 3.85. The van der Waals surface area contributed by atoms with Gasteiger partial charge in [-0.3, -0.25) is 0 Å². The molecule has 0 amide bonds. The summed E-state index contributed by atoms with van der Waals surface area (Å²) in [4.78, 5) is 0. The first-order valence-corrected chi connectivity index (χ1v) is 7.43. The van der Waals surface area contributed by atoms with Crippen molar-refractivity contribution in [2.75, 3.05) is 0 Å². The molecule has 0 heterocycles. The van der Waals surface area contributed by atoms with Crippen molar-refractivity contribution in [1.29, 1.82) is 0 Å². The summed E-state index contributed by atoms with van der Waals surface area (Å²) in [6.45, 7) is 0. The second kappa shape index (κ2) is 6.17. The Kier molecular flexibility index (Phi) is 4.78. The summed E-state index contributed by atoms with van der Waals surface area (Å²) >= 11 is -2.94. The molecule has 0 nitrogen and oxygen atoms in total. The van der Waals surface area contributed by atoms with Crippen molar-refractivity contribution in [3.8, 4) is 0 Å². The van der Waals surface area contributed by atoms with Gasteiger partial charge in [0.15, 0.2) is 0 Å². The Balaban J connectivity index is 2.71. The molecule has 0 fully saturated rings. The number of benzene rings is 2. The van der Waals surface area contributed by atoms with Crippen LogP contribution in [0.5, 0.6) is 0 Å². The SMILES string of the molecule is Fc1c(F)c(F)c([I-]c2c(F)c(F)c(F)c(F)c2F)c(F)c1F. The average Bonchev–Trinajstić information content (AvgIpc) is 2.54. The molecule has 126 valence electrons. The van der Waals surface area contributed by atoms with E-state index in [-0.39, 0.29) is 0 Å². The molecule has 0 radical (unpaired) electrons. The van der Waals surface area contributed by atoms with Gasteiger partial charge in [0.05, 0.1) is 0 Å². The molecular weight excluding hydrogens is 461 g/mol. The first-order chi connectivity index (χ1) is 10.6. The second-order valence-corrected chi connectivity index (χ2v) is 6.56. The van der Waals surface area contributed by atoms with Crippen LogP contribution in [0, 0.1) is 65.3 Å². The standard InChI is InChI=1S/C12F10I/c13-1-3(15)7(19)11(8(20)4(1)16)23-12-9(21)5(17)2(14)6(18)10(12)22/q-1. The van der Waals surface area contributed by atoms with Gasteiger partial charge in [0, 0.05) is 0 Å². The van der Waals surface area contributed by atoms with Crippen LogP contribution in [0.25, 0.3) is 0 Å². The molecule has 2 aromatic rings. The molecule has 0 unspecified atom stereocenters. The summed E-state index contributed by atoms with van der Waals surface area (Å²) in [5.41, 5.74) is 0. The van der Waals surface area contributed by atoms with Crippen LogP contribution >= 0.6 is 0 Å². The van der Waals surface area contributed by atoms with Gasteiger partial charge < -0.3 is 0 Å². The number of hydrogen-bond donors (Lipinski definition) is 0. The van der Waals surface area contributed by atoms with Crippen LogP contribution in [0.4, 0.5) is 43.9 Å². The molecule has 0 spiro atoms. The molecule has 0 N–H and O–H groups in total. The van der Waals surface area contributed by atoms with Gasteiger partial charge in [-0.05, 0) is 0 Å². The molecule has 0 aliphatic rings. The summed E-state index contributed by atoms with van der Waals surface area (Å²) in [6, 6.07) is 0. The quantitative estimate of drug-likeness (QED) is 0.273. The number of rotatable bonds is 2. The summed E-state index contributed by atoms with van der Waals surface area (Å²) in [5.74, 6) is -24.1. The molecule has 0 saturated heterocycles. The minimum atomic E-state index is -2.94. The Bertz CT molecular complexity index is 691. The number of halogens is 11. The zero-order valence-corrected chi connectivity index (χ0v) is 12.3. The predicted molar refractivity (Wildman–Crippen MR) is 49.9 cm³/mol. The van der Waals surface area contributed by atoms with Gasteiger partial charge in [0.2, 0.25) is 0 Å². The molecule has 2 aromatic carbocycles. The van der Waals surface area contributed by atoms with Crippen LogP contribution in [0.15, 0.2) is 0 Å². The van der Waals surface area contributed by atoms with Crippen LogP contribution in [0.1, 0.15) is 0 Å². The van der Waals surface area contributed by atoms with Crippen LogP contribution < -0.4 is 21.2 Å². The molecule has 0 atom stereocenters. The summed E-state index contributed by atoms with van der Waals surface area (Å²) < 4.78 is 128. The van der Waals surface area contributed by atoms with Gasteiger partial charge in [-0.1, -0.05) is 0 Å². The Morgan fingerprint density at radius 3 is 0.696 bits per heavy atom. The summed E-state index contributed by atoms with van der Waals surface area (Å²) in [6.07, 6.45) is 0. The zero-order chi connectivity index (χ0) is 17.6. The third-order valence-corrected chi connectivity index (χ3v) is 5.47. The van der Waals surface area contributed by atoms with Gasteiger partial charge in [0.1, 0.15) is 0 Å². The third kappa shape index (κ3) is 2.74. The third-order valence-electron chi connectivity index (χ3n) is 2.50. The van der Waals surface area contributed by atoms with E-state index in [1.807, 2.05) is 0 Å². The van der Waals surface area contributed by atoms with Crippen molar-refractivity contribution in [3.05, 3.63) is 65.3 Å². The van der Waals surface area contributed by atoms with Crippen LogP contribution in [0.2, 0.25) is 0 Å². The Morgan fingerprint density at radius 2 is 0.478 bits per heavy atom. The molecule has 0 aliphatic heterocycles. The van der Waals surface area contributed by atoms with E-state index >= 15 is 0 Å². The van der Waals surface area contributed by atoms with Gasteiger partial charge in [-0.2, -0.15) is 0 Å². The molecule has 0 aliphatic carbocycles. The van der Waals surface area contributed by atoms with E-state index in [4.69, 9.17) is 0 Å². The Morgan fingerprint density at radius 1 is 0.304 bits per heavy atom. The van der Waals surface area contributed by atoms with Crippen LogP contribution in [-0.2, 0) is 0 Å². The Labute approximate surface area is 131 Å². The fraction of sp³-hybridized carbons (Fsp3) is 0. The molecule has 23 heavy (non-hydrogen) atoms. The summed E-state index contributed by atoms with van der Waals surface area (Å²) in [5, 5.41) is 0. The Hall–Kier alpha value is -1.53. The fourth-order valence-electron chi connectivity index (χ4n) is 1.42. The molecular formula is C12F10I-. The molecule has 0 aromatic heterocycles. The van der Waals surface area contributed by atoms with Crippen molar-refractivity contribution in [1.82, 2.24) is 0 Å². The maximum atomic E-state index is 13.4. The van der Waals surface area contributed by atoms with E-state index in [1.165, 1.54) is 0 Å². The number of hydrogen-bond acceptors (Lipinski definition) is 0. The average molecular weight is 461 g/mol. The van der Waals surface area contributed by atoms with E-state index in [1.54, 1.807) is 0 Å². The second-order valence-electron chi connectivity index (χ2n) is 3.86. The van der Waals surface area contributed by atoms with Gasteiger partial charge in [0.25, 0.3) is 0 Å². The van der Waals surface area contributed by atoms with Gasteiger partial charge >= 0.3 is 130 Å². The van der Waals surface area contributed by atoms with Crippen molar-refractivity contribution in [2.45, 2.75) is 0 Å². The van der Waals surface area contributed by atoms with Crippen molar-refractivity contribution < 1.29 is 65.1 Å². The minimum absolute atomic E-state index is 1.62. The molecule has 2 rings (SSSR count). The summed E-state index contributed by atoms with van der Waals surface area (Å²) in [7, 11) is 0. The van der Waals surface area contributed by atoms with Crippen molar-refractivity contribution in [2.24, 2.45) is 0 Å². The topological polar surface area (TPSA) is 0 Å². The van der Waals surface area contributed by atoms with Crippen LogP contribution in [-0.4, -0.2) is 0 Å². The first kappa shape index (κ1) is 17.8. The van der Waals surface area contributed by atoms with E-state index in [2.05, 4.69) is 0 Å². The van der Waals surface area contributed by atoms with Crippen LogP contribution in [0.3, 0.4) is 0 Å². The normalized spacial score (nSPS) is 11.4. The van der Waals surface area contributed by atoms with E-state index in [0.717, 1.165) is 0 Å². The molecule has 0 bridgehead atoms. The predicted octanol–water partition coefficient (Wildman–Crippen LogP) is 1.21. The van der Waals surface area contributed by atoms with Crippen molar-refractivity contribution >= 4 is 0 Å². The van der Waals surface area contributed by atoms with E-state index in [9.17, 15) is 43.9 Å². The maximum absolute atomic E-state index is 13.4. The molecule has 11 heteroatoms. The van der Waals surface area contributed by atoms with E-state index in [0.29, 0.717) is 0 Å². The first-order valence-electron chi connectivity index (χ1n) is 5.27. The zero-order valence-electron chi connectivity index (χ0n) is 10.2. The molecule has 0 saturated carbocycles. The van der Waals surface area contributed by atoms with Crippen molar-refractivity contribution in [3.63, 3.8) is 0 Å². The van der Waals surface area contributed by atoms with Gasteiger partial charge in [-0.15, -0.1) is 0 Å².